The molecule has 9 heteroatoms. The van der Waals surface area contributed by atoms with Gasteiger partial charge in [0.1, 0.15) is 11.8 Å². The van der Waals surface area contributed by atoms with Crippen LogP contribution in [0.2, 0.25) is 0 Å². The molecule has 0 radical (unpaired) electrons. The van der Waals surface area contributed by atoms with Crippen molar-refractivity contribution < 1.29 is 23.9 Å². The average Bonchev–Trinajstić information content (AvgIpc) is 3.10. The maximum absolute atomic E-state index is 12.8. The molecule has 2 unspecified atom stereocenters. The van der Waals surface area contributed by atoms with Crippen LogP contribution >= 0.6 is 21.2 Å². The molecule has 1 heterocycles. The smallest absolute Gasteiger partial charge is 0.334 e. The standard InChI is InChI=1S/C27H35N2O5PS/c1-4-5-6-7-25(34-18-20-8-14-23(33-3)15-9-20)21-10-12-22(13-11-21)28-24(16-17-36-19(2)30)26(31)29(35)27(28)32/h8-15,24-25H,4-7,16-18,35H2,1-3H3/t24-,25?/m0/s1. The predicted molar refractivity (Wildman–Crippen MR) is 147 cm³/mol. The number of nitrogens with zero attached hydrogens (tertiary/aromatic N) is 2. The second-order valence-corrected chi connectivity index (χ2v) is 10.5. The summed E-state index contributed by atoms with van der Waals surface area (Å²) in [4.78, 5) is 38.3. The summed E-state index contributed by atoms with van der Waals surface area (Å²) in [5.41, 5.74) is 2.76. The van der Waals surface area contributed by atoms with Gasteiger partial charge in [0.25, 0.3) is 5.91 Å². The highest BCUT2D eigenvalue weighted by Gasteiger charge is 2.43. The van der Waals surface area contributed by atoms with Crippen molar-refractivity contribution in [2.24, 2.45) is 0 Å². The number of thioether (sulfide) groups is 1. The number of ether oxygens (including phenoxy) is 2. The lowest BCUT2D eigenvalue weighted by molar-refractivity contribution is -0.123. The topological polar surface area (TPSA) is 76.2 Å². The molecule has 0 spiro atoms. The maximum Gasteiger partial charge on any atom is 0.334 e. The van der Waals surface area contributed by atoms with Gasteiger partial charge in [-0.1, -0.05) is 62.2 Å². The third-order valence-corrected chi connectivity index (χ3v) is 7.49. The summed E-state index contributed by atoms with van der Waals surface area (Å²) in [5.74, 6) is 1.01. The van der Waals surface area contributed by atoms with E-state index < -0.39 is 6.04 Å². The van der Waals surface area contributed by atoms with Gasteiger partial charge in [0.05, 0.1) is 19.8 Å². The first kappa shape index (κ1) is 28.2. The Hall–Kier alpha value is -2.41. The van der Waals surface area contributed by atoms with Crippen molar-refractivity contribution in [1.82, 2.24) is 4.67 Å². The van der Waals surface area contributed by atoms with Crippen LogP contribution in [0.25, 0.3) is 0 Å². The minimum Gasteiger partial charge on any atom is -0.497 e. The Labute approximate surface area is 220 Å². The fourth-order valence-corrected chi connectivity index (χ4v) is 5.09. The summed E-state index contributed by atoms with van der Waals surface area (Å²) >= 11 is 1.16. The molecule has 194 valence electrons. The number of carbonyl (C=O) groups is 3. The predicted octanol–water partition coefficient (Wildman–Crippen LogP) is 6.13. The lowest BCUT2D eigenvalue weighted by Gasteiger charge is -2.23. The highest BCUT2D eigenvalue weighted by molar-refractivity contribution is 8.13. The van der Waals surface area contributed by atoms with Crippen molar-refractivity contribution in [2.45, 2.75) is 64.7 Å². The van der Waals surface area contributed by atoms with E-state index >= 15 is 0 Å². The second kappa shape index (κ2) is 13.8. The quantitative estimate of drug-likeness (QED) is 0.176. The highest BCUT2D eigenvalue weighted by atomic mass is 32.2. The number of imide groups is 1. The Bertz CT molecular complexity index is 1030. The summed E-state index contributed by atoms with van der Waals surface area (Å²) in [5, 5.41) is -0.00541. The Morgan fingerprint density at radius 2 is 1.78 bits per heavy atom. The molecule has 0 N–H and O–H groups in total. The van der Waals surface area contributed by atoms with E-state index in [1.807, 2.05) is 48.5 Å². The Morgan fingerprint density at radius 3 is 2.39 bits per heavy atom. The summed E-state index contributed by atoms with van der Waals surface area (Å²) in [6.07, 6.45) is 4.55. The van der Waals surface area contributed by atoms with Gasteiger partial charge >= 0.3 is 6.03 Å². The summed E-state index contributed by atoms with van der Waals surface area (Å²) < 4.78 is 12.6. The highest BCUT2D eigenvalue weighted by Crippen LogP contribution is 2.33. The van der Waals surface area contributed by atoms with Crippen LogP contribution in [-0.2, 0) is 20.9 Å². The van der Waals surface area contributed by atoms with E-state index in [9.17, 15) is 14.4 Å². The van der Waals surface area contributed by atoms with Crippen molar-refractivity contribution in [2.75, 3.05) is 17.8 Å². The number of hydrogen-bond acceptors (Lipinski definition) is 6. The van der Waals surface area contributed by atoms with E-state index in [2.05, 4.69) is 16.3 Å². The monoisotopic (exact) mass is 530 g/mol. The van der Waals surface area contributed by atoms with E-state index in [0.717, 1.165) is 59.0 Å². The molecule has 3 atom stereocenters. The largest absolute Gasteiger partial charge is 0.497 e. The van der Waals surface area contributed by atoms with Gasteiger partial charge in [-0.2, -0.15) is 0 Å². The van der Waals surface area contributed by atoms with E-state index in [-0.39, 0.29) is 23.2 Å². The SMILES string of the molecule is CCCCCC(OCc1ccc(OC)cc1)c1ccc(N2C(=O)N(P)C(=O)[C@@H]2CCSC(C)=O)cc1. The number of anilines is 1. The van der Waals surface area contributed by atoms with Gasteiger partial charge in [0, 0.05) is 18.4 Å². The normalized spacial score (nSPS) is 16.5. The summed E-state index contributed by atoms with van der Waals surface area (Å²) in [6.45, 7) is 4.16. The van der Waals surface area contributed by atoms with Crippen LogP contribution in [0.5, 0.6) is 5.75 Å². The molecule has 0 aliphatic carbocycles. The maximum atomic E-state index is 12.8. The number of hydrogen-bond donors (Lipinski definition) is 0. The third kappa shape index (κ3) is 7.31. The van der Waals surface area contributed by atoms with Crippen LogP contribution in [-0.4, -0.2) is 40.6 Å². The minimum atomic E-state index is -0.626. The first-order valence-electron chi connectivity index (χ1n) is 12.2. The fraction of sp³-hybridized carbons (Fsp3) is 0.444. The molecular weight excluding hydrogens is 495 g/mol. The van der Waals surface area contributed by atoms with Crippen LogP contribution in [0.3, 0.4) is 0 Å². The number of amides is 3. The van der Waals surface area contributed by atoms with Crippen LogP contribution in [0.4, 0.5) is 10.5 Å². The second-order valence-electron chi connectivity index (χ2n) is 8.74. The summed E-state index contributed by atoms with van der Waals surface area (Å²) in [7, 11) is 3.85. The average molecular weight is 531 g/mol. The van der Waals surface area contributed by atoms with Gasteiger partial charge in [0.15, 0.2) is 5.12 Å². The molecule has 36 heavy (non-hydrogen) atoms. The van der Waals surface area contributed by atoms with E-state index in [1.165, 1.54) is 11.8 Å². The lowest BCUT2D eigenvalue weighted by Crippen LogP contribution is -2.35. The van der Waals surface area contributed by atoms with Crippen molar-refractivity contribution in [3.63, 3.8) is 0 Å². The molecular formula is C27H35N2O5PS. The Morgan fingerprint density at radius 1 is 1.08 bits per heavy atom. The van der Waals surface area contributed by atoms with E-state index in [1.54, 1.807) is 7.11 Å². The van der Waals surface area contributed by atoms with Gasteiger partial charge < -0.3 is 9.47 Å². The van der Waals surface area contributed by atoms with Crippen molar-refractivity contribution in [1.29, 1.82) is 0 Å². The molecule has 0 bridgehead atoms. The first-order valence-corrected chi connectivity index (χ1v) is 13.8. The molecule has 1 aliphatic rings. The lowest BCUT2D eigenvalue weighted by atomic mass is 10.0. The molecule has 7 nitrogen and oxygen atoms in total. The molecule has 1 fully saturated rings. The van der Waals surface area contributed by atoms with Gasteiger partial charge in [-0.3, -0.25) is 14.5 Å². The molecule has 1 saturated heterocycles. The minimum absolute atomic E-state index is 0.00541. The van der Waals surface area contributed by atoms with E-state index in [4.69, 9.17) is 9.47 Å². The van der Waals surface area contributed by atoms with Gasteiger partial charge in [-0.05, 0) is 57.6 Å². The van der Waals surface area contributed by atoms with Crippen LogP contribution in [0.1, 0.15) is 63.2 Å². The van der Waals surface area contributed by atoms with E-state index in [0.29, 0.717) is 24.5 Å². The molecule has 1 aliphatic heterocycles. The zero-order valence-corrected chi connectivity index (χ0v) is 23.1. The zero-order chi connectivity index (χ0) is 26.1. The third-order valence-electron chi connectivity index (χ3n) is 6.17. The molecule has 3 amide bonds. The zero-order valence-electron chi connectivity index (χ0n) is 21.1. The molecule has 2 aromatic carbocycles. The van der Waals surface area contributed by atoms with Crippen LogP contribution in [0.15, 0.2) is 48.5 Å². The van der Waals surface area contributed by atoms with Gasteiger partial charge in [-0.25, -0.2) is 9.46 Å². The van der Waals surface area contributed by atoms with Crippen molar-refractivity contribution in [3.05, 3.63) is 59.7 Å². The Kier molecular flexibility index (Phi) is 10.8. The summed E-state index contributed by atoms with van der Waals surface area (Å²) in [6, 6.07) is 14.5. The molecule has 0 aromatic heterocycles. The number of unbranched alkanes of at least 4 members (excludes halogenated alkanes) is 2. The number of urea groups is 1. The van der Waals surface area contributed by atoms with Crippen LogP contribution in [0, 0.1) is 0 Å². The number of benzene rings is 2. The fourth-order valence-electron chi connectivity index (χ4n) is 4.17. The number of rotatable bonds is 13. The van der Waals surface area contributed by atoms with Gasteiger partial charge in [0.2, 0.25) is 0 Å². The van der Waals surface area contributed by atoms with Gasteiger partial charge in [-0.15, -0.1) is 0 Å². The molecule has 2 aromatic rings. The first-order chi connectivity index (χ1) is 17.3. The Balaban J connectivity index is 1.74. The van der Waals surface area contributed by atoms with Crippen molar-refractivity contribution >= 4 is 43.9 Å². The number of carbonyl (C=O) groups excluding carboxylic acids is 3. The molecule has 3 rings (SSSR count). The van der Waals surface area contributed by atoms with Crippen LogP contribution < -0.4 is 9.64 Å². The van der Waals surface area contributed by atoms with Crippen molar-refractivity contribution in [3.8, 4) is 5.75 Å². The molecule has 0 saturated carbocycles. The number of methoxy groups -OCH3 is 1.